The molecule has 0 aliphatic carbocycles. The van der Waals surface area contributed by atoms with Crippen LogP contribution in [-0.4, -0.2) is 18.1 Å². The molecule has 0 bridgehead atoms. The number of hydrogen-bond acceptors (Lipinski definition) is 4. The minimum absolute atomic E-state index is 0.0702. The highest BCUT2D eigenvalue weighted by Crippen LogP contribution is 2.33. The zero-order valence-electron chi connectivity index (χ0n) is 11.2. The number of furan rings is 1. The van der Waals surface area contributed by atoms with Crippen molar-refractivity contribution in [3.8, 4) is 0 Å². The molecule has 6 heteroatoms. The Morgan fingerprint density at radius 3 is 2.70 bits per heavy atom. The summed E-state index contributed by atoms with van der Waals surface area (Å²) >= 11 is 6.13. The molecular weight excluding hydrogens is 280 g/mol. The molecule has 0 saturated heterocycles. The van der Waals surface area contributed by atoms with Crippen LogP contribution in [0.4, 0.5) is 11.4 Å². The van der Waals surface area contributed by atoms with Crippen molar-refractivity contribution in [2.24, 2.45) is 0 Å². The molecule has 3 N–H and O–H groups in total. The SMILES string of the molecule is Cc1ccc(CN(C)c2c(Cl)cc(N)cc2C(=O)O)o1. The van der Waals surface area contributed by atoms with E-state index in [0.29, 0.717) is 22.9 Å². The molecule has 20 heavy (non-hydrogen) atoms. The first-order chi connectivity index (χ1) is 9.38. The summed E-state index contributed by atoms with van der Waals surface area (Å²) in [4.78, 5) is 13.0. The van der Waals surface area contributed by atoms with E-state index >= 15 is 0 Å². The highest BCUT2D eigenvalue weighted by Gasteiger charge is 2.19. The molecule has 0 unspecified atom stereocenters. The first-order valence-corrected chi connectivity index (χ1v) is 6.35. The topological polar surface area (TPSA) is 79.7 Å². The molecule has 1 aromatic carbocycles. The second-order valence-corrected chi connectivity index (χ2v) is 4.98. The van der Waals surface area contributed by atoms with Gasteiger partial charge < -0.3 is 20.2 Å². The van der Waals surface area contributed by atoms with Crippen molar-refractivity contribution in [3.05, 3.63) is 46.4 Å². The van der Waals surface area contributed by atoms with E-state index in [4.69, 9.17) is 21.8 Å². The predicted molar refractivity (Wildman–Crippen MR) is 78.4 cm³/mol. The molecule has 106 valence electrons. The van der Waals surface area contributed by atoms with Crippen molar-refractivity contribution >= 4 is 28.9 Å². The summed E-state index contributed by atoms with van der Waals surface area (Å²) in [6, 6.07) is 6.63. The van der Waals surface area contributed by atoms with Crippen LogP contribution in [0.3, 0.4) is 0 Å². The van der Waals surface area contributed by atoms with Gasteiger partial charge in [-0.25, -0.2) is 4.79 Å². The minimum Gasteiger partial charge on any atom is -0.478 e. The maximum atomic E-state index is 11.3. The number of carboxylic acids is 1. The van der Waals surface area contributed by atoms with E-state index in [0.717, 1.165) is 11.5 Å². The second kappa shape index (κ2) is 5.46. The smallest absolute Gasteiger partial charge is 0.337 e. The van der Waals surface area contributed by atoms with Gasteiger partial charge in [0.2, 0.25) is 0 Å². The minimum atomic E-state index is -1.07. The Labute approximate surface area is 121 Å². The van der Waals surface area contributed by atoms with Crippen molar-refractivity contribution in [2.45, 2.75) is 13.5 Å². The van der Waals surface area contributed by atoms with Crippen LogP contribution in [-0.2, 0) is 6.54 Å². The number of nitrogen functional groups attached to an aromatic ring is 1. The molecule has 0 aliphatic rings. The van der Waals surface area contributed by atoms with Crippen molar-refractivity contribution < 1.29 is 14.3 Å². The molecule has 1 heterocycles. The standard InChI is InChI=1S/C14H15ClN2O3/c1-8-3-4-10(20-8)7-17(2)13-11(14(18)19)5-9(16)6-12(13)15/h3-6H,7,16H2,1-2H3,(H,18,19). The van der Waals surface area contributed by atoms with Gasteiger partial charge in [0, 0.05) is 12.7 Å². The number of nitrogens with two attached hydrogens (primary N) is 1. The van der Waals surface area contributed by atoms with E-state index in [1.54, 1.807) is 11.9 Å². The summed E-state index contributed by atoms with van der Waals surface area (Å²) in [7, 11) is 1.75. The normalized spacial score (nSPS) is 10.6. The highest BCUT2D eigenvalue weighted by molar-refractivity contribution is 6.34. The quantitative estimate of drug-likeness (QED) is 0.847. The van der Waals surface area contributed by atoms with Gasteiger partial charge in [0.15, 0.2) is 0 Å². The van der Waals surface area contributed by atoms with Gasteiger partial charge in [0.25, 0.3) is 0 Å². The summed E-state index contributed by atoms with van der Waals surface area (Å²) in [6.45, 7) is 2.26. The summed E-state index contributed by atoms with van der Waals surface area (Å²) in [5, 5.41) is 9.57. The van der Waals surface area contributed by atoms with Gasteiger partial charge in [-0.1, -0.05) is 11.6 Å². The van der Waals surface area contributed by atoms with Crippen LogP contribution < -0.4 is 10.6 Å². The molecule has 0 fully saturated rings. The van der Waals surface area contributed by atoms with Crippen molar-refractivity contribution in [2.75, 3.05) is 17.7 Å². The fourth-order valence-corrected chi connectivity index (χ4v) is 2.43. The van der Waals surface area contributed by atoms with Gasteiger partial charge in [-0.15, -0.1) is 0 Å². The summed E-state index contributed by atoms with van der Waals surface area (Å²) in [5.74, 6) is 0.459. The van der Waals surface area contributed by atoms with Crippen LogP contribution in [0.1, 0.15) is 21.9 Å². The zero-order valence-corrected chi connectivity index (χ0v) is 11.9. The van der Waals surface area contributed by atoms with E-state index in [1.165, 1.54) is 12.1 Å². The van der Waals surface area contributed by atoms with Gasteiger partial charge in [-0.3, -0.25) is 0 Å². The first kappa shape index (κ1) is 14.3. The fraction of sp³-hybridized carbons (Fsp3) is 0.214. The van der Waals surface area contributed by atoms with E-state index in [1.807, 2.05) is 19.1 Å². The summed E-state index contributed by atoms with van der Waals surface area (Å²) in [5.41, 5.74) is 6.44. The van der Waals surface area contributed by atoms with Crippen LogP contribution in [0.2, 0.25) is 5.02 Å². The number of aryl methyl sites for hydroxylation is 1. The average molecular weight is 295 g/mol. The molecule has 5 nitrogen and oxygen atoms in total. The number of hydrogen-bond donors (Lipinski definition) is 2. The van der Waals surface area contributed by atoms with Crippen LogP contribution in [0, 0.1) is 6.92 Å². The largest absolute Gasteiger partial charge is 0.478 e. The van der Waals surface area contributed by atoms with Crippen LogP contribution in [0.15, 0.2) is 28.7 Å². The Morgan fingerprint density at radius 2 is 2.15 bits per heavy atom. The van der Waals surface area contributed by atoms with E-state index in [2.05, 4.69) is 0 Å². The van der Waals surface area contributed by atoms with Gasteiger partial charge >= 0.3 is 5.97 Å². The number of benzene rings is 1. The average Bonchev–Trinajstić information content (AvgIpc) is 2.73. The van der Waals surface area contributed by atoms with Crippen LogP contribution >= 0.6 is 11.6 Å². The molecule has 0 amide bonds. The van der Waals surface area contributed by atoms with Gasteiger partial charge in [0.1, 0.15) is 11.5 Å². The number of carboxylic acid groups (broad SMARTS) is 1. The highest BCUT2D eigenvalue weighted by atomic mass is 35.5. The predicted octanol–water partition coefficient (Wildman–Crippen LogP) is 3.16. The number of nitrogens with zero attached hydrogens (tertiary/aromatic N) is 1. The third-order valence-electron chi connectivity index (χ3n) is 2.89. The maximum Gasteiger partial charge on any atom is 0.337 e. The van der Waals surface area contributed by atoms with Crippen molar-refractivity contribution in [1.29, 1.82) is 0 Å². The van der Waals surface area contributed by atoms with Crippen molar-refractivity contribution in [3.63, 3.8) is 0 Å². The lowest BCUT2D eigenvalue weighted by Gasteiger charge is -2.22. The lowest BCUT2D eigenvalue weighted by atomic mass is 10.1. The fourth-order valence-electron chi connectivity index (χ4n) is 2.05. The summed E-state index contributed by atoms with van der Waals surface area (Å²) in [6.07, 6.45) is 0. The first-order valence-electron chi connectivity index (χ1n) is 5.97. The number of aromatic carboxylic acids is 1. The van der Waals surface area contributed by atoms with Crippen LogP contribution in [0.25, 0.3) is 0 Å². The third kappa shape index (κ3) is 2.88. The molecule has 0 spiro atoms. The Morgan fingerprint density at radius 1 is 1.45 bits per heavy atom. The van der Waals surface area contributed by atoms with Gasteiger partial charge in [-0.05, 0) is 31.2 Å². The molecule has 2 aromatic rings. The number of anilines is 2. The summed E-state index contributed by atoms with van der Waals surface area (Å²) < 4.78 is 5.48. The lowest BCUT2D eigenvalue weighted by Crippen LogP contribution is -2.20. The Bertz CT molecular complexity index is 652. The Hall–Kier alpha value is -2.14. The van der Waals surface area contributed by atoms with Crippen LogP contribution in [0.5, 0.6) is 0 Å². The number of halogens is 1. The van der Waals surface area contributed by atoms with E-state index < -0.39 is 5.97 Å². The van der Waals surface area contributed by atoms with E-state index in [9.17, 15) is 9.90 Å². The third-order valence-corrected chi connectivity index (χ3v) is 3.18. The molecule has 0 aliphatic heterocycles. The zero-order chi connectivity index (χ0) is 14.9. The molecule has 0 saturated carbocycles. The molecule has 0 radical (unpaired) electrons. The van der Waals surface area contributed by atoms with Crippen molar-refractivity contribution in [1.82, 2.24) is 0 Å². The number of rotatable bonds is 4. The monoisotopic (exact) mass is 294 g/mol. The molecule has 0 atom stereocenters. The maximum absolute atomic E-state index is 11.3. The Balaban J connectivity index is 2.38. The van der Waals surface area contributed by atoms with Gasteiger partial charge in [-0.2, -0.15) is 0 Å². The van der Waals surface area contributed by atoms with Gasteiger partial charge in [0.05, 0.1) is 22.8 Å². The lowest BCUT2D eigenvalue weighted by molar-refractivity contribution is 0.0697. The number of carbonyl (C=O) groups is 1. The molecule has 1 aromatic heterocycles. The van der Waals surface area contributed by atoms with E-state index in [-0.39, 0.29) is 5.56 Å². The Kier molecular flexibility index (Phi) is 3.90. The molecule has 2 rings (SSSR count). The molecular formula is C14H15ClN2O3. The second-order valence-electron chi connectivity index (χ2n) is 4.57.